The minimum absolute atomic E-state index is 0.173. The van der Waals surface area contributed by atoms with E-state index >= 15 is 0 Å². The maximum Gasteiger partial charge on any atom is 0.265 e. The van der Waals surface area contributed by atoms with Gasteiger partial charge in [0, 0.05) is 20.1 Å². The lowest BCUT2D eigenvalue weighted by Gasteiger charge is -2.08. The summed E-state index contributed by atoms with van der Waals surface area (Å²) in [7, 11) is 3.28. The Morgan fingerprint density at radius 3 is 2.42 bits per heavy atom. The number of anilines is 2. The van der Waals surface area contributed by atoms with Gasteiger partial charge in [-0.1, -0.05) is 6.92 Å². The Kier molecular flexibility index (Phi) is 3.40. The average molecular weight is 282 g/mol. The van der Waals surface area contributed by atoms with E-state index in [-0.39, 0.29) is 17.2 Å². The number of nitrogens with zero attached hydrogens (tertiary/aromatic N) is 1. The fourth-order valence-electron chi connectivity index (χ4n) is 1.84. The van der Waals surface area contributed by atoms with Crippen LogP contribution in [0.3, 0.4) is 0 Å². The Morgan fingerprint density at radius 1 is 1.42 bits per heavy atom. The monoisotopic (exact) mass is 282 g/mol. The minimum atomic E-state index is -0.609. The van der Waals surface area contributed by atoms with Crippen LogP contribution in [0.25, 0.3) is 0 Å². The Hall–Kier alpha value is -1.76. The first kappa shape index (κ1) is 13.7. The zero-order valence-electron chi connectivity index (χ0n) is 11.2. The summed E-state index contributed by atoms with van der Waals surface area (Å²) in [4.78, 5) is 25.3. The molecule has 6 nitrogen and oxygen atoms in total. The number of rotatable bonds is 4. The van der Waals surface area contributed by atoms with E-state index in [9.17, 15) is 9.59 Å². The molecule has 7 heteroatoms. The van der Waals surface area contributed by atoms with Gasteiger partial charge in [0.15, 0.2) is 0 Å². The number of hydrogen-bond donors (Lipinski definition) is 3. The lowest BCUT2D eigenvalue weighted by molar-refractivity contribution is 0.0833. The molecule has 1 heterocycles. The quantitative estimate of drug-likeness (QED) is 0.765. The van der Waals surface area contributed by atoms with Crippen molar-refractivity contribution in [3.63, 3.8) is 0 Å². The van der Waals surface area contributed by atoms with Gasteiger partial charge in [0.05, 0.1) is 11.3 Å². The highest BCUT2D eigenvalue weighted by atomic mass is 32.1. The van der Waals surface area contributed by atoms with Crippen molar-refractivity contribution in [2.45, 2.75) is 19.4 Å². The molecule has 2 amide bonds. The van der Waals surface area contributed by atoms with E-state index in [2.05, 4.69) is 12.2 Å². The predicted molar refractivity (Wildman–Crippen MR) is 76.5 cm³/mol. The second-order valence-electron chi connectivity index (χ2n) is 5.08. The summed E-state index contributed by atoms with van der Waals surface area (Å²) >= 11 is 1.19. The van der Waals surface area contributed by atoms with Gasteiger partial charge in [0.25, 0.3) is 11.8 Å². The molecule has 1 aromatic rings. The van der Waals surface area contributed by atoms with E-state index in [1.165, 1.54) is 16.2 Å². The van der Waals surface area contributed by atoms with E-state index in [0.29, 0.717) is 21.8 Å². The molecule has 104 valence electrons. The molecular formula is C12H18N4O2S. The summed E-state index contributed by atoms with van der Waals surface area (Å²) < 4.78 is 0. The van der Waals surface area contributed by atoms with Crippen LogP contribution in [0, 0.1) is 5.92 Å². The lowest BCUT2D eigenvalue weighted by Crippen LogP contribution is -2.22. The van der Waals surface area contributed by atoms with Crippen molar-refractivity contribution in [3.05, 3.63) is 10.4 Å². The molecule has 1 fully saturated rings. The number of carbonyl (C=O) groups excluding carboxylic acids is 2. The number of carbonyl (C=O) groups is 2. The molecular weight excluding hydrogens is 264 g/mol. The van der Waals surface area contributed by atoms with Crippen molar-refractivity contribution >= 4 is 33.8 Å². The molecule has 19 heavy (non-hydrogen) atoms. The summed E-state index contributed by atoms with van der Waals surface area (Å²) in [6.07, 6.45) is 1.05. The third-order valence-electron chi connectivity index (χ3n) is 3.22. The van der Waals surface area contributed by atoms with Crippen LogP contribution in [0.2, 0.25) is 0 Å². The molecule has 0 saturated heterocycles. The van der Waals surface area contributed by atoms with E-state index < -0.39 is 5.91 Å². The average Bonchev–Trinajstić information content (AvgIpc) is 2.88. The summed E-state index contributed by atoms with van der Waals surface area (Å²) in [5, 5.41) is 3.84. The van der Waals surface area contributed by atoms with E-state index in [1.54, 1.807) is 14.1 Å². The summed E-state index contributed by atoms with van der Waals surface area (Å²) in [6.45, 7) is 2.12. The lowest BCUT2D eigenvalue weighted by atomic mass is 10.2. The van der Waals surface area contributed by atoms with Crippen LogP contribution in [0.4, 0.5) is 10.7 Å². The van der Waals surface area contributed by atoms with Crippen LogP contribution in [0.15, 0.2) is 0 Å². The molecule has 0 aromatic carbocycles. The number of hydrogen-bond acceptors (Lipinski definition) is 5. The zero-order chi connectivity index (χ0) is 14.3. The summed E-state index contributed by atoms with van der Waals surface area (Å²) in [6, 6.07) is 0.332. The Morgan fingerprint density at radius 2 is 2.00 bits per heavy atom. The standard InChI is InChI=1S/C12H18N4O2S/c1-5-4-6(5)15-11-7(10(14)17)8(13)9(19-11)12(18)16(2)3/h5-6,15H,4,13H2,1-3H3,(H2,14,17). The molecule has 0 radical (unpaired) electrons. The van der Waals surface area contributed by atoms with Crippen molar-refractivity contribution in [2.75, 3.05) is 25.1 Å². The van der Waals surface area contributed by atoms with Crippen LogP contribution in [0.1, 0.15) is 33.4 Å². The zero-order valence-corrected chi connectivity index (χ0v) is 12.0. The van der Waals surface area contributed by atoms with E-state index in [1.807, 2.05) is 0 Å². The van der Waals surface area contributed by atoms with E-state index in [4.69, 9.17) is 11.5 Å². The third-order valence-corrected chi connectivity index (χ3v) is 4.34. The number of primary amides is 1. The smallest absolute Gasteiger partial charge is 0.265 e. The highest BCUT2D eigenvalue weighted by Crippen LogP contribution is 2.40. The van der Waals surface area contributed by atoms with Crippen LogP contribution >= 0.6 is 11.3 Å². The van der Waals surface area contributed by atoms with Crippen LogP contribution < -0.4 is 16.8 Å². The van der Waals surface area contributed by atoms with Gasteiger partial charge < -0.3 is 21.7 Å². The van der Waals surface area contributed by atoms with Crippen LogP contribution in [0.5, 0.6) is 0 Å². The Labute approximate surface area is 115 Å². The van der Waals surface area contributed by atoms with Gasteiger partial charge in [-0.2, -0.15) is 0 Å². The topological polar surface area (TPSA) is 101 Å². The molecule has 1 aliphatic rings. The van der Waals surface area contributed by atoms with Crippen molar-refractivity contribution in [2.24, 2.45) is 11.7 Å². The first-order valence-corrected chi connectivity index (χ1v) is 6.84. The molecule has 0 bridgehead atoms. The van der Waals surface area contributed by atoms with E-state index in [0.717, 1.165) is 6.42 Å². The number of thiophene rings is 1. The molecule has 1 aliphatic carbocycles. The first-order valence-electron chi connectivity index (χ1n) is 6.03. The van der Waals surface area contributed by atoms with Crippen molar-refractivity contribution < 1.29 is 9.59 Å². The van der Waals surface area contributed by atoms with Crippen molar-refractivity contribution in [1.82, 2.24) is 4.90 Å². The number of nitrogens with one attached hydrogen (secondary N) is 1. The second-order valence-corrected chi connectivity index (χ2v) is 6.10. The van der Waals surface area contributed by atoms with Gasteiger partial charge in [0.1, 0.15) is 9.88 Å². The number of amides is 2. The first-order chi connectivity index (χ1) is 8.82. The maximum absolute atomic E-state index is 12.0. The number of nitrogens with two attached hydrogens (primary N) is 2. The Bertz CT molecular complexity index is 538. The molecule has 0 aliphatic heterocycles. The third kappa shape index (κ3) is 2.51. The maximum atomic E-state index is 12.0. The van der Waals surface area contributed by atoms with Gasteiger partial charge in [-0.15, -0.1) is 11.3 Å². The fraction of sp³-hybridized carbons (Fsp3) is 0.500. The fourth-order valence-corrected chi connectivity index (χ4v) is 3.05. The summed E-state index contributed by atoms with van der Waals surface area (Å²) in [5.74, 6) is -0.263. The van der Waals surface area contributed by atoms with Gasteiger partial charge >= 0.3 is 0 Å². The van der Waals surface area contributed by atoms with Gasteiger partial charge in [-0.05, 0) is 12.3 Å². The second kappa shape index (κ2) is 4.73. The summed E-state index contributed by atoms with van der Waals surface area (Å²) in [5.41, 5.74) is 11.7. The Balaban J connectivity index is 2.38. The number of nitrogen functional groups attached to an aromatic ring is 1. The molecule has 2 atom stereocenters. The minimum Gasteiger partial charge on any atom is -0.397 e. The molecule has 2 unspecified atom stereocenters. The normalized spacial score (nSPS) is 21.0. The van der Waals surface area contributed by atoms with Gasteiger partial charge in [0.2, 0.25) is 0 Å². The predicted octanol–water partition coefficient (Wildman–Crippen LogP) is 0.951. The molecule has 0 spiro atoms. The van der Waals surface area contributed by atoms with Gasteiger partial charge in [-0.25, -0.2) is 0 Å². The largest absolute Gasteiger partial charge is 0.397 e. The van der Waals surface area contributed by atoms with Crippen molar-refractivity contribution in [3.8, 4) is 0 Å². The molecule has 1 aromatic heterocycles. The highest BCUT2D eigenvalue weighted by Gasteiger charge is 2.35. The SMILES string of the molecule is CC1CC1Nc1sc(C(=O)N(C)C)c(N)c1C(N)=O. The molecule has 5 N–H and O–H groups in total. The van der Waals surface area contributed by atoms with Crippen LogP contribution in [-0.4, -0.2) is 36.9 Å². The van der Waals surface area contributed by atoms with Gasteiger partial charge in [-0.3, -0.25) is 9.59 Å². The molecule has 2 rings (SSSR count). The highest BCUT2D eigenvalue weighted by molar-refractivity contribution is 7.19. The van der Waals surface area contributed by atoms with Crippen molar-refractivity contribution in [1.29, 1.82) is 0 Å². The molecule has 1 saturated carbocycles. The van der Waals surface area contributed by atoms with Crippen LogP contribution in [-0.2, 0) is 0 Å².